The third kappa shape index (κ3) is 4.53. The number of hydrogen-bond acceptors (Lipinski definition) is 5. The molecule has 0 saturated carbocycles. The minimum atomic E-state index is -3.52. The third-order valence-corrected chi connectivity index (χ3v) is 9.36. The molecular weight excluding hydrogens is 534 g/mol. The summed E-state index contributed by atoms with van der Waals surface area (Å²) in [7, 11) is -3.52. The maximum absolute atomic E-state index is 13.6. The first-order valence-electron chi connectivity index (χ1n) is 9.10. The third-order valence-electron chi connectivity index (χ3n) is 5.00. The molecule has 10 heteroatoms. The first-order chi connectivity index (χ1) is 14.2. The Morgan fingerprint density at radius 3 is 2.53 bits per heavy atom. The van der Waals surface area contributed by atoms with E-state index in [2.05, 4.69) is 25.8 Å². The SMILES string of the molecule is O=S(=O)(c1ccc(Br)cc1Cl)C1CCN(c2nc(-c3cc(F)cc(Cl)c3)cs2)CC1. The second kappa shape index (κ2) is 8.74. The van der Waals surface area contributed by atoms with Gasteiger partial charge in [0, 0.05) is 33.5 Å². The van der Waals surface area contributed by atoms with Gasteiger partial charge in [0.15, 0.2) is 15.0 Å². The van der Waals surface area contributed by atoms with E-state index in [1.54, 1.807) is 24.3 Å². The number of nitrogens with zero attached hydrogens (tertiary/aromatic N) is 2. The summed E-state index contributed by atoms with van der Waals surface area (Å²) in [5.74, 6) is -0.412. The summed E-state index contributed by atoms with van der Waals surface area (Å²) in [4.78, 5) is 6.83. The Morgan fingerprint density at radius 2 is 1.87 bits per heavy atom. The molecule has 158 valence electrons. The van der Waals surface area contributed by atoms with Crippen LogP contribution < -0.4 is 4.90 Å². The van der Waals surface area contributed by atoms with Crippen LogP contribution in [0.3, 0.4) is 0 Å². The number of sulfone groups is 1. The highest BCUT2D eigenvalue weighted by Gasteiger charge is 2.33. The van der Waals surface area contributed by atoms with Gasteiger partial charge in [-0.3, -0.25) is 0 Å². The topological polar surface area (TPSA) is 50.3 Å². The Balaban J connectivity index is 1.48. The Kier molecular flexibility index (Phi) is 6.42. The van der Waals surface area contributed by atoms with Gasteiger partial charge in [-0.05, 0) is 49.2 Å². The van der Waals surface area contributed by atoms with Crippen molar-refractivity contribution in [2.24, 2.45) is 0 Å². The van der Waals surface area contributed by atoms with Crippen LogP contribution in [-0.2, 0) is 9.84 Å². The van der Waals surface area contributed by atoms with Gasteiger partial charge in [-0.15, -0.1) is 11.3 Å². The molecule has 0 atom stereocenters. The molecule has 3 aromatic rings. The predicted octanol–water partition coefficient (Wildman–Crippen LogP) is 6.46. The molecular formula is C20H16BrCl2FN2O2S2. The minimum absolute atomic E-state index is 0.172. The molecule has 4 nitrogen and oxygen atoms in total. The van der Waals surface area contributed by atoms with E-state index in [1.807, 2.05) is 5.38 Å². The van der Waals surface area contributed by atoms with Crippen LogP contribution in [0.5, 0.6) is 0 Å². The monoisotopic (exact) mass is 548 g/mol. The molecule has 2 heterocycles. The Morgan fingerprint density at radius 1 is 1.13 bits per heavy atom. The molecule has 1 saturated heterocycles. The Hall–Kier alpha value is -1.19. The number of piperidine rings is 1. The molecule has 0 N–H and O–H groups in total. The molecule has 0 bridgehead atoms. The Bertz CT molecular complexity index is 1180. The lowest BCUT2D eigenvalue weighted by atomic mass is 10.1. The number of rotatable bonds is 4. The Labute approximate surface area is 196 Å². The van der Waals surface area contributed by atoms with Crippen molar-refractivity contribution >= 4 is 65.4 Å². The predicted molar refractivity (Wildman–Crippen MR) is 124 cm³/mol. The van der Waals surface area contributed by atoms with Gasteiger partial charge in [-0.2, -0.15) is 0 Å². The highest BCUT2D eigenvalue weighted by atomic mass is 79.9. The van der Waals surface area contributed by atoms with Crippen LogP contribution >= 0.6 is 50.5 Å². The van der Waals surface area contributed by atoms with Crippen molar-refractivity contribution in [1.82, 2.24) is 4.98 Å². The van der Waals surface area contributed by atoms with Gasteiger partial charge >= 0.3 is 0 Å². The number of benzene rings is 2. The van der Waals surface area contributed by atoms with Crippen molar-refractivity contribution in [2.45, 2.75) is 23.0 Å². The molecule has 0 spiro atoms. The highest BCUT2D eigenvalue weighted by Crippen LogP contribution is 2.34. The molecule has 30 heavy (non-hydrogen) atoms. The number of aromatic nitrogens is 1. The molecule has 0 amide bonds. The van der Waals surface area contributed by atoms with Gasteiger partial charge in [-0.25, -0.2) is 17.8 Å². The first-order valence-corrected chi connectivity index (χ1v) is 13.1. The van der Waals surface area contributed by atoms with E-state index in [0.717, 1.165) is 9.60 Å². The van der Waals surface area contributed by atoms with E-state index >= 15 is 0 Å². The maximum atomic E-state index is 13.6. The molecule has 0 unspecified atom stereocenters. The first kappa shape index (κ1) is 22.0. The van der Waals surface area contributed by atoms with Gasteiger partial charge in [-0.1, -0.05) is 39.1 Å². The quantitative estimate of drug-likeness (QED) is 0.374. The van der Waals surface area contributed by atoms with E-state index < -0.39 is 20.9 Å². The largest absolute Gasteiger partial charge is 0.348 e. The lowest BCUT2D eigenvalue weighted by Crippen LogP contribution is -2.39. The summed E-state index contributed by atoms with van der Waals surface area (Å²) in [6.07, 6.45) is 0.963. The molecule has 1 aromatic heterocycles. The van der Waals surface area contributed by atoms with Crippen molar-refractivity contribution in [1.29, 1.82) is 0 Å². The average Bonchev–Trinajstić information content (AvgIpc) is 3.17. The van der Waals surface area contributed by atoms with Crippen molar-refractivity contribution in [3.8, 4) is 11.3 Å². The van der Waals surface area contributed by atoms with E-state index in [0.29, 0.717) is 42.2 Å². The van der Waals surface area contributed by atoms with Crippen LogP contribution in [0.15, 0.2) is 51.1 Å². The zero-order valence-electron chi connectivity index (χ0n) is 15.5. The van der Waals surface area contributed by atoms with Gasteiger partial charge in [0.25, 0.3) is 0 Å². The van der Waals surface area contributed by atoms with Crippen LogP contribution in [0.4, 0.5) is 9.52 Å². The number of thiazole rings is 1. The van der Waals surface area contributed by atoms with E-state index in [-0.39, 0.29) is 9.92 Å². The molecule has 4 rings (SSSR count). The van der Waals surface area contributed by atoms with E-state index in [9.17, 15) is 12.8 Å². The van der Waals surface area contributed by atoms with E-state index in [1.165, 1.54) is 23.5 Å². The summed E-state index contributed by atoms with van der Waals surface area (Å²) in [6.45, 7) is 1.13. The van der Waals surface area contributed by atoms with Crippen LogP contribution in [-0.4, -0.2) is 31.7 Å². The lowest BCUT2D eigenvalue weighted by Gasteiger charge is -2.31. The smallest absolute Gasteiger partial charge is 0.185 e. The van der Waals surface area contributed by atoms with Crippen molar-refractivity contribution in [2.75, 3.05) is 18.0 Å². The highest BCUT2D eigenvalue weighted by molar-refractivity contribution is 9.10. The lowest BCUT2D eigenvalue weighted by molar-refractivity contribution is 0.529. The molecule has 1 aliphatic rings. The maximum Gasteiger partial charge on any atom is 0.185 e. The fraction of sp³-hybridized carbons (Fsp3) is 0.250. The van der Waals surface area contributed by atoms with Crippen LogP contribution in [0.2, 0.25) is 10.0 Å². The van der Waals surface area contributed by atoms with Crippen LogP contribution in [0.1, 0.15) is 12.8 Å². The molecule has 0 aliphatic carbocycles. The molecule has 0 radical (unpaired) electrons. The zero-order chi connectivity index (χ0) is 21.5. The van der Waals surface area contributed by atoms with E-state index in [4.69, 9.17) is 23.2 Å². The van der Waals surface area contributed by atoms with Gasteiger partial charge in [0.05, 0.1) is 20.9 Å². The second-order valence-electron chi connectivity index (χ2n) is 6.98. The van der Waals surface area contributed by atoms with Gasteiger partial charge < -0.3 is 4.90 Å². The summed E-state index contributed by atoms with van der Waals surface area (Å²) in [5, 5.41) is 2.68. The summed E-state index contributed by atoms with van der Waals surface area (Å²) >= 11 is 16.9. The second-order valence-corrected chi connectivity index (χ2v) is 11.8. The average molecular weight is 550 g/mol. The van der Waals surface area contributed by atoms with Crippen molar-refractivity contribution in [3.05, 3.63) is 62.1 Å². The van der Waals surface area contributed by atoms with Gasteiger partial charge in [0.1, 0.15) is 5.82 Å². The summed E-state index contributed by atoms with van der Waals surface area (Å²) in [5.41, 5.74) is 1.26. The minimum Gasteiger partial charge on any atom is -0.348 e. The molecule has 1 aliphatic heterocycles. The molecule has 1 fully saturated rings. The normalized spacial score (nSPS) is 15.5. The van der Waals surface area contributed by atoms with Crippen molar-refractivity contribution < 1.29 is 12.8 Å². The number of halogens is 4. The summed E-state index contributed by atoms with van der Waals surface area (Å²) < 4.78 is 40.4. The standard InChI is InChI=1S/C20H16BrCl2FN2O2S2/c21-13-1-2-19(17(23)9-13)30(27,28)16-3-5-26(6-4-16)20-25-18(11-29-20)12-7-14(22)10-15(24)8-12/h1-2,7-11,16H,3-6H2. The fourth-order valence-electron chi connectivity index (χ4n) is 3.49. The number of anilines is 1. The van der Waals surface area contributed by atoms with Crippen molar-refractivity contribution in [3.63, 3.8) is 0 Å². The molecule has 2 aromatic carbocycles. The van der Waals surface area contributed by atoms with Crippen LogP contribution in [0.25, 0.3) is 11.3 Å². The number of hydrogen-bond donors (Lipinski definition) is 0. The zero-order valence-corrected chi connectivity index (χ0v) is 20.2. The fourth-order valence-corrected chi connectivity index (χ4v) is 7.37. The summed E-state index contributed by atoms with van der Waals surface area (Å²) in [6, 6.07) is 9.14. The van der Waals surface area contributed by atoms with Crippen LogP contribution in [0, 0.1) is 5.82 Å². The van der Waals surface area contributed by atoms with Gasteiger partial charge in [0.2, 0.25) is 0 Å².